The normalized spacial score (nSPS) is 11.4. The lowest BCUT2D eigenvalue weighted by Crippen LogP contribution is -2.23. The van der Waals surface area contributed by atoms with Gasteiger partial charge in [-0.3, -0.25) is 9.20 Å². The first-order valence-electron chi connectivity index (χ1n) is 9.91. The Hall–Kier alpha value is -2.42. The average Bonchev–Trinajstić information content (AvgIpc) is 3.38. The predicted octanol–water partition coefficient (Wildman–Crippen LogP) is 4.29. The number of hydrogen-bond acceptors (Lipinski definition) is 5. The number of nitrogens with one attached hydrogen (secondary N) is 2. The van der Waals surface area contributed by atoms with E-state index in [1.807, 2.05) is 70.6 Å². The van der Waals surface area contributed by atoms with Gasteiger partial charge in [-0.05, 0) is 36.2 Å². The van der Waals surface area contributed by atoms with Gasteiger partial charge in [-0.1, -0.05) is 42.5 Å². The molecule has 0 unspecified atom stereocenters. The molecule has 2 aromatic carbocycles. The van der Waals surface area contributed by atoms with E-state index >= 15 is 0 Å². The summed E-state index contributed by atoms with van der Waals surface area (Å²) in [6.07, 6.45) is 4.27. The number of hydrogen-bond donors (Lipinski definition) is 3. The van der Waals surface area contributed by atoms with Crippen molar-refractivity contribution in [2.75, 3.05) is 18.4 Å². The molecule has 1 atom stereocenters. The second-order valence-corrected chi connectivity index (χ2v) is 7.95. The number of aliphatic hydroxyl groups is 1. The molecule has 0 bridgehead atoms. The van der Waals surface area contributed by atoms with Gasteiger partial charge in [0.15, 0.2) is 4.96 Å². The minimum absolute atomic E-state index is 0. The van der Waals surface area contributed by atoms with Gasteiger partial charge in [0.05, 0.1) is 12.5 Å². The van der Waals surface area contributed by atoms with E-state index in [2.05, 4.69) is 15.6 Å². The Balaban J connectivity index is 0.00000181. The topological polar surface area (TPSA) is 78.7 Å². The van der Waals surface area contributed by atoms with Crippen molar-refractivity contribution in [3.05, 3.63) is 89.2 Å². The summed E-state index contributed by atoms with van der Waals surface area (Å²) in [5, 5.41) is 18.4. The molecule has 0 radical (unpaired) electrons. The maximum atomic E-state index is 12.3. The Morgan fingerprint density at radius 1 is 1.09 bits per heavy atom. The molecule has 0 saturated carbocycles. The molecule has 4 rings (SSSR count). The molecule has 0 aliphatic carbocycles. The maximum absolute atomic E-state index is 12.3. The molecule has 2 heterocycles. The minimum Gasteiger partial charge on any atom is -0.387 e. The van der Waals surface area contributed by atoms with Gasteiger partial charge in [-0.25, -0.2) is 4.98 Å². The average molecular weight is 493 g/mol. The van der Waals surface area contributed by atoms with E-state index < -0.39 is 6.10 Å². The molecule has 0 aliphatic heterocycles. The number of anilines is 1. The van der Waals surface area contributed by atoms with Crippen molar-refractivity contribution in [3.8, 4) is 0 Å². The van der Waals surface area contributed by atoms with Crippen LogP contribution >= 0.6 is 36.2 Å². The number of nitrogens with zero attached hydrogens (tertiary/aromatic N) is 2. The number of thiazole rings is 1. The van der Waals surface area contributed by atoms with Gasteiger partial charge in [-0.15, -0.1) is 36.2 Å². The van der Waals surface area contributed by atoms with Crippen molar-refractivity contribution < 1.29 is 9.90 Å². The fourth-order valence-corrected chi connectivity index (χ4v) is 4.14. The van der Waals surface area contributed by atoms with Gasteiger partial charge >= 0.3 is 0 Å². The highest BCUT2D eigenvalue weighted by molar-refractivity contribution is 7.15. The molecule has 4 aromatic rings. The smallest absolute Gasteiger partial charge is 0.230 e. The van der Waals surface area contributed by atoms with Crippen molar-refractivity contribution in [3.63, 3.8) is 0 Å². The van der Waals surface area contributed by atoms with Gasteiger partial charge in [0.1, 0.15) is 0 Å². The zero-order valence-electron chi connectivity index (χ0n) is 17.3. The number of carbonyl (C=O) groups excluding carboxylic acids is 1. The van der Waals surface area contributed by atoms with E-state index in [1.54, 1.807) is 6.20 Å². The lowest BCUT2D eigenvalue weighted by atomic mass is 10.1. The van der Waals surface area contributed by atoms with Crippen LogP contribution in [-0.2, 0) is 17.6 Å². The van der Waals surface area contributed by atoms with Crippen LogP contribution in [0.4, 0.5) is 5.69 Å². The highest BCUT2D eigenvalue weighted by Crippen LogP contribution is 2.16. The van der Waals surface area contributed by atoms with E-state index in [4.69, 9.17) is 0 Å². The molecule has 0 aliphatic rings. The molecule has 2 aromatic heterocycles. The maximum Gasteiger partial charge on any atom is 0.230 e. The summed E-state index contributed by atoms with van der Waals surface area (Å²) in [6.45, 7) is 1.29. The number of aliphatic hydroxyl groups excluding tert-OH is 1. The van der Waals surface area contributed by atoms with Gasteiger partial charge in [0.2, 0.25) is 5.91 Å². The Bertz CT molecular complexity index is 1100. The van der Waals surface area contributed by atoms with Crippen molar-refractivity contribution in [2.24, 2.45) is 0 Å². The van der Waals surface area contributed by atoms with Crippen LogP contribution in [0, 0.1) is 0 Å². The highest BCUT2D eigenvalue weighted by Gasteiger charge is 2.10. The highest BCUT2D eigenvalue weighted by atomic mass is 35.5. The Morgan fingerprint density at radius 2 is 1.84 bits per heavy atom. The molecule has 170 valence electrons. The van der Waals surface area contributed by atoms with E-state index in [0.29, 0.717) is 13.0 Å². The summed E-state index contributed by atoms with van der Waals surface area (Å²) in [5.74, 6) is -0.0484. The molecule has 3 N–H and O–H groups in total. The van der Waals surface area contributed by atoms with E-state index in [9.17, 15) is 9.90 Å². The number of rotatable bonds is 9. The first-order valence-corrected chi connectivity index (χ1v) is 10.8. The van der Waals surface area contributed by atoms with Crippen molar-refractivity contribution >= 4 is 52.7 Å². The summed E-state index contributed by atoms with van der Waals surface area (Å²) >= 11 is 1.53. The fourth-order valence-electron chi connectivity index (χ4n) is 3.29. The molecule has 9 heteroatoms. The monoisotopic (exact) mass is 492 g/mol. The third kappa shape index (κ3) is 6.79. The zero-order chi connectivity index (χ0) is 20.8. The third-order valence-corrected chi connectivity index (χ3v) is 5.81. The molecular weight excluding hydrogens is 467 g/mol. The van der Waals surface area contributed by atoms with Crippen LogP contribution in [-0.4, -0.2) is 33.5 Å². The second kappa shape index (κ2) is 12.6. The lowest BCUT2D eigenvalue weighted by Gasteiger charge is -2.12. The van der Waals surface area contributed by atoms with E-state index in [0.717, 1.165) is 34.9 Å². The zero-order valence-corrected chi connectivity index (χ0v) is 19.8. The molecular formula is C23H26Cl2N4O2S. The minimum atomic E-state index is -0.504. The van der Waals surface area contributed by atoms with E-state index in [1.165, 1.54) is 16.9 Å². The van der Waals surface area contributed by atoms with Crippen LogP contribution in [0.2, 0.25) is 0 Å². The van der Waals surface area contributed by atoms with Crippen LogP contribution in [0.1, 0.15) is 22.9 Å². The predicted molar refractivity (Wildman–Crippen MR) is 134 cm³/mol. The van der Waals surface area contributed by atoms with Gasteiger partial charge in [-0.2, -0.15) is 0 Å². The number of aromatic nitrogens is 2. The quantitative estimate of drug-likeness (QED) is 0.304. The Morgan fingerprint density at radius 3 is 2.59 bits per heavy atom. The second-order valence-electron chi connectivity index (χ2n) is 7.11. The number of carbonyl (C=O) groups is 1. The fraction of sp³-hybridized carbons (Fsp3) is 0.217. The molecule has 0 fully saturated rings. The van der Waals surface area contributed by atoms with Crippen LogP contribution in [0.5, 0.6) is 0 Å². The summed E-state index contributed by atoms with van der Waals surface area (Å²) in [5.41, 5.74) is 3.81. The Labute approximate surface area is 203 Å². The number of fused-ring (bicyclic) bond motifs is 1. The van der Waals surface area contributed by atoms with E-state index in [-0.39, 0.29) is 30.7 Å². The summed E-state index contributed by atoms with van der Waals surface area (Å²) in [6, 6.07) is 17.5. The lowest BCUT2D eigenvalue weighted by molar-refractivity contribution is -0.115. The van der Waals surface area contributed by atoms with Crippen LogP contribution in [0.25, 0.3) is 4.96 Å². The van der Waals surface area contributed by atoms with Crippen molar-refractivity contribution in [1.82, 2.24) is 14.7 Å². The van der Waals surface area contributed by atoms with Crippen molar-refractivity contribution in [2.45, 2.75) is 18.9 Å². The number of imidazole rings is 1. The standard InChI is InChI=1S/C23H24N4O2S.2ClH/c28-21(18-4-2-1-3-5-18)15-24-11-10-17-6-8-19(9-7-17)26-22(29)14-20-16-30-23-25-12-13-27(20)23;;/h1-9,12-13,16,21,24,28H,10-11,14-15H2,(H,26,29);2*1H/t21-;;/m0../s1. The van der Waals surface area contributed by atoms with Crippen LogP contribution < -0.4 is 10.6 Å². The summed E-state index contributed by atoms with van der Waals surface area (Å²) in [7, 11) is 0. The molecule has 0 spiro atoms. The van der Waals surface area contributed by atoms with Crippen molar-refractivity contribution in [1.29, 1.82) is 0 Å². The number of halogens is 2. The Kier molecular flexibility index (Phi) is 10.2. The molecule has 32 heavy (non-hydrogen) atoms. The molecule has 1 amide bonds. The largest absolute Gasteiger partial charge is 0.387 e. The first-order chi connectivity index (χ1) is 14.7. The molecule has 6 nitrogen and oxygen atoms in total. The van der Waals surface area contributed by atoms with Crippen LogP contribution in [0.3, 0.4) is 0 Å². The van der Waals surface area contributed by atoms with Gasteiger partial charge in [0, 0.05) is 35.7 Å². The third-order valence-electron chi connectivity index (χ3n) is 4.91. The SMILES string of the molecule is Cl.Cl.O=C(Cc1csc2nccn12)Nc1ccc(CCNC[C@H](O)c2ccccc2)cc1. The summed E-state index contributed by atoms with van der Waals surface area (Å²) in [4.78, 5) is 17.5. The van der Waals surface area contributed by atoms with Gasteiger partial charge < -0.3 is 15.7 Å². The molecule has 0 saturated heterocycles. The summed E-state index contributed by atoms with van der Waals surface area (Å²) < 4.78 is 1.94. The number of benzene rings is 2. The first kappa shape index (κ1) is 25.8. The number of amides is 1. The van der Waals surface area contributed by atoms with Crippen LogP contribution in [0.15, 0.2) is 72.4 Å². The van der Waals surface area contributed by atoms with Gasteiger partial charge in [0.25, 0.3) is 0 Å².